The Balaban J connectivity index is 1.12. The zero-order valence-corrected chi connectivity index (χ0v) is 17.8. The van der Waals surface area contributed by atoms with Gasteiger partial charge in [-0.05, 0) is 65.5 Å². The molecule has 0 fully saturated rings. The van der Waals surface area contributed by atoms with E-state index in [1.54, 1.807) is 5.53 Å². The molecule has 2 heterocycles. The molecule has 7 heteroatoms. The number of pyridine rings is 1. The van der Waals surface area contributed by atoms with Crippen LogP contribution in [0.5, 0.6) is 11.5 Å². The third-order valence-corrected chi connectivity index (χ3v) is 5.43. The van der Waals surface area contributed by atoms with Gasteiger partial charge in [-0.25, -0.2) is 4.98 Å². The molecule has 0 unspecified atom stereocenters. The van der Waals surface area contributed by atoms with Gasteiger partial charge >= 0.3 is 0 Å². The van der Waals surface area contributed by atoms with Crippen molar-refractivity contribution < 1.29 is 15.0 Å². The Bertz CT molecular complexity index is 1180. The molecule has 1 aromatic heterocycles. The minimum absolute atomic E-state index is 0.431. The van der Waals surface area contributed by atoms with Gasteiger partial charge in [0.2, 0.25) is 0 Å². The van der Waals surface area contributed by atoms with Crippen LogP contribution in [0.3, 0.4) is 0 Å². The number of nitrogens with zero attached hydrogens (tertiary/aromatic N) is 2. The Morgan fingerprint density at radius 3 is 2.53 bits per heavy atom. The van der Waals surface area contributed by atoms with Crippen molar-refractivity contribution in [1.29, 1.82) is 0 Å². The molecule has 2 aliphatic rings. The fourth-order valence-corrected chi connectivity index (χ4v) is 3.77. The molecule has 1 aliphatic heterocycles. The lowest BCUT2D eigenvalue weighted by Gasteiger charge is -2.15. The van der Waals surface area contributed by atoms with Crippen molar-refractivity contribution in [3.8, 4) is 11.5 Å². The summed E-state index contributed by atoms with van der Waals surface area (Å²) in [5, 5.41) is 5.39. The first-order valence-electron chi connectivity index (χ1n) is 10.8. The summed E-state index contributed by atoms with van der Waals surface area (Å²) in [6.45, 7) is 1.02. The van der Waals surface area contributed by atoms with E-state index in [1.807, 2.05) is 48.5 Å². The van der Waals surface area contributed by atoms with Gasteiger partial charge in [-0.2, -0.15) is 0 Å². The highest BCUT2D eigenvalue weighted by atomic mass is 16.5. The van der Waals surface area contributed by atoms with E-state index in [0.29, 0.717) is 13.2 Å². The number of rotatable bonds is 8. The maximum atomic E-state index is 6.00. The van der Waals surface area contributed by atoms with Crippen molar-refractivity contribution >= 4 is 16.7 Å². The molecule has 3 aromatic rings. The first kappa shape index (κ1) is 20.2. The van der Waals surface area contributed by atoms with Gasteiger partial charge < -0.3 is 9.47 Å². The molecular formula is C25H26N5O2+. The quantitative estimate of drug-likeness (QED) is 0.480. The average Bonchev–Trinajstić information content (AvgIpc) is 3.35. The molecule has 0 atom stereocenters. The van der Waals surface area contributed by atoms with Gasteiger partial charge in [0, 0.05) is 11.8 Å². The molecule has 162 valence electrons. The van der Waals surface area contributed by atoms with E-state index in [4.69, 9.17) is 9.47 Å². The maximum Gasteiger partial charge on any atom is 0.182 e. The second kappa shape index (κ2) is 9.64. The molecule has 0 amide bonds. The van der Waals surface area contributed by atoms with Gasteiger partial charge in [0.05, 0.1) is 11.2 Å². The molecular weight excluding hydrogens is 402 g/mol. The van der Waals surface area contributed by atoms with Crippen LogP contribution >= 0.6 is 0 Å². The van der Waals surface area contributed by atoms with E-state index in [-0.39, 0.29) is 0 Å². The summed E-state index contributed by atoms with van der Waals surface area (Å²) in [4.78, 5) is 4.65. The lowest BCUT2D eigenvalue weighted by atomic mass is 9.97. The number of benzene rings is 2. The summed E-state index contributed by atoms with van der Waals surface area (Å²) in [6, 6.07) is 19.9. The fourth-order valence-electron chi connectivity index (χ4n) is 3.77. The molecule has 32 heavy (non-hydrogen) atoms. The molecule has 0 radical (unpaired) electrons. The molecule has 1 aliphatic carbocycles. The first-order chi connectivity index (χ1) is 15.8. The number of hydrogen-bond donors (Lipinski definition) is 3. The monoisotopic (exact) mass is 428 g/mol. The van der Waals surface area contributed by atoms with Crippen LogP contribution in [0.25, 0.3) is 10.9 Å². The molecule has 0 saturated heterocycles. The summed E-state index contributed by atoms with van der Waals surface area (Å²) in [5.74, 6) is 2.56. The summed E-state index contributed by atoms with van der Waals surface area (Å²) < 4.78 is 11.9. The topological polar surface area (TPSA) is 84.4 Å². The number of hydrazine groups is 1. The van der Waals surface area contributed by atoms with Gasteiger partial charge in [-0.15, -0.1) is 5.53 Å². The number of para-hydroxylation sites is 1. The minimum Gasteiger partial charge on any atom is -0.489 e. The minimum atomic E-state index is 0.431. The zero-order valence-electron chi connectivity index (χ0n) is 17.8. The third kappa shape index (κ3) is 5.14. The van der Waals surface area contributed by atoms with E-state index >= 15 is 0 Å². The van der Waals surface area contributed by atoms with Crippen LogP contribution in [0.2, 0.25) is 0 Å². The van der Waals surface area contributed by atoms with Gasteiger partial charge in [0.1, 0.15) is 24.7 Å². The Hall–Kier alpha value is -3.68. The van der Waals surface area contributed by atoms with E-state index in [9.17, 15) is 0 Å². The van der Waals surface area contributed by atoms with Crippen LogP contribution in [0.15, 0.2) is 89.1 Å². The summed E-state index contributed by atoms with van der Waals surface area (Å²) >= 11 is 0. The molecule has 7 nitrogen and oxygen atoms in total. The largest absolute Gasteiger partial charge is 0.489 e. The van der Waals surface area contributed by atoms with Crippen LogP contribution in [0, 0.1) is 0 Å². The van der Waals surface area contributed by atoms with Crippen molar-refractivity contribution in [1.82, 2.24) is 15.9 Å². The van der Waals surface area contributed by atoms with Crippen molar-refractivity contribution in [3.05, 3.63) is 89.7 Å². The SMILES string of the molecule is C1=C(CC2=N[NH2+]NN2)C=C(COc2ccc(OCc3ccc4ccccc4n3)cc2)CC1. The highest BCUT2D eigenvalue weighted by Gasteiger charge is 2.13. The molecule has 5 rings (SSSR count). The van der Waals surface area contributed by atoms with Gasteiger partial charge in [-0.3, -0.25) is 5.43 Å². The van der Waals surface area contributed by atoms with Gasteiger partial charge in [0.25, 0.3) is 0 Å². The van der Waals surface area contributed by atoms with Crippen LogP contribution < -0.4 is 26.0 Å². The number of allylic oxidation sites excluding steroid dienone is 2. The predicted octanol–water partition coefficient (Wildman–Crippen LogP) is 3.13. The molecule has 2 aromatic carbocycles. The Morgan fingerprint density at radius 2 is 1.72 bits per heavy atom. The Morgan fingerprint density at radius 1 is 0.906 bits per heavy atom. The Labute approximate surface area is 186 Å². The predicted molar refractivity (Wildman–Crippen MR) is 124 cm³/mol. The number of hydrogen-bond acceptors (Lipinski definition) is 6. The zero-order chi connectivity index (χ0) is 21.6. The summed E-state index contributed by atoms with van der Waals surface area (Å²) in [6.07, 6.45) is 7.34. The molecule has 4 N–H and O–H groups in total. The number of quaternary nitrogens is 1. The highest BCUT2D eigenvalue weighted by molar-refractivity contribution is 5.84. The average molecular weight is 429 g/mol. The molecule has 0 saturated carbocycles. The second-order valence-corrected chi connectivity index (χ2v) is 7.82. The smallest absolute Gasteiger partial charge is 0.182 e. The number of aromatic nitrogens is 1. The van der Waals surface area contributed by atoms with E-state index in [2.05, 4.69) is 45.3 Å². The van der Waals surface area contributed by atoms with Crippen LogP contribution in [0.4, 0.5) is 0 Å². The van der Waals surface area contributed by atoms with E-state index < -0.39 is 0 Å². The summed E-state index contributed by atoms with van der Waals surface area (Å²) in [5.41, 5.74) is 12.0. The number of nitrogens with one attached hydrogen (secondary N) is 2. The number of nitrogens with two attached hydrogens (primary N) is 1. The van der Waals surface area contributed by atoms with E-state index in [1.165, 1.54) is 11.1 Å². The summed E-state index contributed by atoms with van der Waals surface area (Å²) in [7, 11) is 0. The van der Waals surface area contributed by atoms with Crippen molar-refractivity contribution in [2.75, 3.05) is 6.61 Å². The van der Waals surface area contributed by atoms with Crippen LogP contribution in [-0.2, 0) is 6.61 Å². The normalized spacial score (nSPS) is 15.6. The third-order valence-electron chi connectivity index (χ3n) is 5.43. The van der Waals surface area contributed by atoms with E-state index in [0.717, 1.165) is 53.2 Å². The van der Waals surface area contributed by atoms with Crippen LogP contribution in [0.1, 0.15) is 25.0 Å². The Kier molecular flexibility index (Phi) is 6.09. The standard InChI is InChI=1S/C25H25N5O2/c1-2-7-24-20(6-1)8-9-21(26-24)17-32-23-12-10-22(11-13-23)31-16-19-5-3-4-18(14-19)15-25-27-29-30-28-25/h1-2,4,6-14,29-30H,3,5,15-17H2,(H,27,28)/p+1. The molecule has 0 bridgehead atoms. The highest BCUT2D eigenvalue weighted by Crippen LogP contribution is 2.23. The van der Waals surface area contributed by atoms with Crippen molar-refractivity contribution in [2.24, 2.45) is 5.10 Å². The lowest BCUT2D eigenvalue weighted by molar-refractivity contribution is -0.713. The van der Waals surface area contributed by atoms with Crippen molar-refractivity contribution in [2.45, 2.75) is 25.9 Å². The fraction of sp³-hybridized carbons (Fsp3) is 0.200. The number of fused-ring (bicyclic) bond motifs is 1. The van der Waals surface area contributed by atoms with Crippen LogP contribution in [-0.4, -0.2) is 17.4 Å². The lowest BCUT2D eigenvalue weighted by Crippen LogP contribution is -2.87. The molecule has 0 spiro atoms. The second-order valence-electron chi connectivity index (χ2n) is 7.82. The van der Waals surface area contributed by atoms with Crippen molar-refractivity contribution in [3.63, 3.8) is 0 Å². The van der Waals surface area contributed by atoms with Gasteiger partial charge in [0.15, 0.2) is 5.84 Å². The maximum absolute atomic E-state index is 6.00. The van der Waals surface area contributed by atoms with Gasteiger partial charge in [-0.1, -0.05) is 42.0 Å². The number of ether oxygens (including phenoxy) is 2. The first-order valence-corrected chi connectivity index (χ1v) is 10.8. The number of amidine groups is 1.